The van der Waals surface area contributed by atoms with E-state index in [1.165, 1.54) is 0 Å². The second kappa shape index (κ2) is 11.8. The summed E-state index contributed by atoms with van der Waals surface area (Å²) in [5, 5.41) is 5.09. The average Bonchev–Trinajstić information content (AvgIpc) is 2.72. The first-order valence-electron chi connectivity index (χ1n) is 10.2. The maximum atomic E-state index is 12.1. The number of rotatable bonds is 10. The van der Waals surface area contributed by atoms with Gasteiger partial charge in [0.25, 0.3) is 5.91 Å². The molecule has 0 aliphatic rings. The number of amides is 3. The highest BCUT2D eigenvalue weighted by Crippen LogP contribution is 2.28. The number of carbonyl (C=O) groups is 2. The zero-order chi connectivity index (χ0) is 21.9. The number of nitrogens with one attached hydrogen (secondary N) is 3. The van der Waals surface area contributed by atoms with Crippen LogP contribution in [-0.2, 0) is 17.9 Å². The highest BCUT2D eigenvalue weighted by molar-refractivity contribution is 5.94. The normalized spacial score (nSPS) is 12.5. The number of methoxy groups -OCH3 is 1. The number of quaternary nitrogens is 1. The molecule has 3 N–H and O–H groups in total. The Kier molecular flexibility index (Phi) is 9.15. The van der Waals surface area contributed by atoms with Crippen LogP contribution in [0.4, 0.5) is 4.79 Å². The van der Waals surface area contributed by atoms with E-state index in [1.807, 2.05) is 69.4 Å². The second-order valence-electron chi connectivity index (χ2n) is 7.40. The van der Waals surface area contributed by atoms with Crippen molar-refractivity contribution in [3.05, 3.63) is 59.7 Å². The Morgan fingerprint density at radius 1 is 1.07 bits per heavy atom. The lowest BCUT2D eigenvalue weighted by Gasteiger charge is -2.16. The minimum atomic E-state index is -0.455. The number of likely N-dealkylation sites (N-methyl/N-ethyl adjacent to an activating group) is 1. The average molecular weight is 415 g/mol. The van der Waals surface area contributed by atoms with Crippen molar-refractivity contribution in [3.63, 3.8) is 0 Å². The largest absolute Gasteiger partial charge is 0.493 e. The molecule has 0 spiro atoms. The molecule has 0 aromatic heterocycles. The smallest absolute Gasteiger partial charge is 0.321 e. The Morgan fingerprint density at radius 2 is 1.80 bits per heavy atom. The van der Waals surface area contributed by atoms with Crippen molar-refractivity contribution in [1.82, 2.24) is 10.6 Å². The highest BCUT2D eigenvalue weighted by Gasteiger charge is 2.15. The minimum Gasteiger partial charge on any atom is -0.493 e. The first-order chi connectivity index (χ1) is 14.4. The molecule has 2 aromatic carbocycles. The molecule has 0 aliphatic heterocycles. The summed E-state index contributed by atoms with van der Waals surface area (Å²) >= 11 is 0. The molecular weight excluding hydrogens is 382 g/mol. The van der Waals surface area contributed by atoms with Crippen LogP contribution in [-0.4, -0.2) is 38.7 Å². The van der Waals surface area contributed by atoms with Crippen molar-refractivity contribution >= 4 is 11.9 Å². The van der Waals surface area contributed by atoms with Crippen LogP contribution in [0.2, 0.25) is 0 Å². The lowest BCUT2D eigenvalue weighted by Crippen LogP contribution is -3.09. The Hall–Kier alpha value is -3.06. The molecule has 7 heteroatoms. The van der Waals surface area contributed by atoms with Gasteiger partial charge in [0, 0.05) is 11.6 Å². The molecule has 2 atom stereocenters. The SMILES string of the molecule is CC[C@@H](C)NC(=O)NC(=O)C[NH+](C)Cc1ccc(OCc2ccccc2)c(OC)c1. The van der Waals surface area contributed by atoms with Crippen molar-refractivity contribution in [1.29, 1.82) is 0 Å². The minimum absolute atomic E-state index is 0.0259. The van der Waals surface area contributed by atoms with E-state index in [0.29, 0.717) is 24.7 Å². The van der Waals surface area contributed by atoms with Crippen LogP contribution in [0.15, 0.2) is 48.5 Å². The summed E-state index contributed by atoms with van der Waals surface area (Å²) < 4.78 is 11.4. The summed E-state index contributed by atoms with van der Waals surface area (Å²) in [7, 11) is 3.51. The van der Waals surface area contributed by atoms with Crippen molar-refractivity contribution < 1.29 is 24.0 Å². The van der Waals surface area contributed by atoms with Gasteiger partial charge in [-0.25, -0.2) is 4.79 Å². The molecule has 2 aromatic rings. The van der Waals surface area contributed by atoms with E-state index in [4.69, 9.17) is 9.47 Å². The van der Waals surface area contributed by atoms with Gasteiger partial charge < -0.3 is 19.7 Å². The number of urea groups is 1. The van der Waals surface area contributed by atoms with E-state index >= 15 is 0 Å². The van der Waals surface area contributed by atoms with Crippen molar-refractivity contribution in [3.8, 4) is 11.5 Å². The molecule has 0 heterocycles. The van der Waals surface area contributed by atoms with Crippen molar-refractivity contribution in [2.24, 2.45) is 0 Å². The second-order valence-corrected chi connectivity index (χ2v) is 7.40. The molecule has 0 bridgehead atoms. The Morgan fingerprint density at radius 3 is 2.47 bits per heavy atom. The predicted molar refractivity (Wildman–Crippen MR) is 116 cm³/mol. The van der Waals surface area contributed by atoms with Crippen LogP contribution in [0.5, 0.6) is 11.5 Å². The molecule has 7 nitrogen and oxygen atoms in total. The third kappa shape index (κ3) is 7.75. The molecular formula is C23H32N3O4+. The number of hydrogen-bond donors (Lipinski definition) is 3. The predicted octanol–water partition coefficient (Wildman–Crippen LogP) is 1.91. The Bertz CT molecular complexity index is 826. The first-order valence-corrected chi connectivity index (χ1v) is 10.2. The fraction of sp³-hybridized carbons (Fsp3) is 0.391. The molecule has 2 rings (SSSR count). The number of imide groups is 1. The van der Waals surface area contributed by atoms with Gasteiger partial charge in [0.15, 0.2) is 18.0 Å². The third-order valence-corrected chi connectivity index (χ3v) is 4.68. The van der Waals surface area contributed by atoms with Crippen LogP contribution in [0.3, 0.4) is 0 Å². The van der Waals surface area contributed by atoms with Gasteiger partial charge in [0.2, 0.25) is 0 Å². The molecule has 0 fully saturated rings. The third-order valence-electron chi connectivity index (χ3n) is 4.68. The van der Waals surface area contributed by atoms with Crippen LogP contribution in [0, 0.1) is 0 Å². The number of benzene rings is 2. The summed E-state index contributed by atoms with van der Waals surface area (Å²) in [5.41, 5.74) is 2.09. The van der Waals surface area contributed by atoms with E-state index in [1.54, 1.807) is 7.11 Å². The molecule has 0 aliphatic carbocycles. The number of ether oxygens (including phenoxy) is 2. The van der Waals surface area contributed by atoms with Gasteiger partial charge in [-0.3, -0.25) is 10.1 Å². The topological polar surface area (TPSA) is 81.1 Å². The number of carbonyl (C=O) groups excluding carboxylic acids is 2. The van der Waals surface area contributed by atoms with Gasteiger partial charge in [-0.15, -0.1) is 0 Å². The zero-order valence-electron chi connectivity index (χ0n) is 18.2. The molecule has 1 unspecified atom stereocenters. The fourth-order valence-electron chi connectivity index (χ4n) is 2.89. The van der Waals surface area contributed by atoms with Crippen LogP contribution in [0.25, 0.3) is 0 Å². The molecule has 0 saturated carbocycles. The Balaban J connectivity index is 1.88. The van der Waals surface area contributed by atoms with Gasteiger partial charge in [0.1, 0.15) is 13.2 Å². The highest BCUT2D eigenvalue weighted by atomic mass is 16.5. The zero-order valence-corrected chi connectivity index (χ0v) is 18.2. The van der Waals surface area contributed by atoms with Gasteiger partial charge in [-0.05, 0) is 37.1 Å². The molecule has 0 saturated heterocycles. The van der Waals surface area contributed by atoms with E-state index in [-0.39, 0.29) is 18.5 Å². The molecule has 0 radical (unpaired) electrons. The summed E-state index contributed by atoms with van der Waals surface area (Å²) in [6.45, 7) is 5.11. The lowest BCUT2D eigenvalue weighted by atomic mass is 10.2. The summed E-state index contributed by atoms with van der Waals surface area (Å²) in [6.07, 6.45) is 0.805. The van der Waals surface area contributed by atoms with Crippen LogP contribution in [0.1, 0.15) is 31.4 Å². The van der Waals surface area contributed by atoms with Gasteiger partial charge in [-0.2, -0.15) is 0 Å². The maximum Gasteiger partial charge on any atom is 0.321 e. The van der Waals surface area contributed by atoms with Gasteiger partial charge in [0.05, 0.1) is 14.2 Å². The Labute approximate surface area is 178 Å². The van der Waals surface area contributed by atoms with Crippen LogP contribution < -0.4 is 25.0 Å². The quantitative estimate of drug-likeness (QED) is 0.555. The maximum absolute atomic E-state index is 12.1. The van der Waals surface area contributed by atoms with Crippen molar-refractivity contribution in [2.45, 2.75) is 39.5 Å². The summed E-state index contributed by atoms with van der Waals surface area (Å²) in [4.78, 5) is 24.8. The van der Waals surface area contributed by atoms with E-state index in [2.05, 4.69) is 10.6 Å². The van der Waals surface area contributed by atoms with Gasteiger partial charge in [-0.1, -0.05) is 37.3 Å². The fourth-order valence-corrected chi connectivity index (χ4v) is 2.89. The van der Waals surface area contributed by atoms with Crippen LogP contribution >= 0.6 is 0 Å². The van der Waals surface area contributed by atoms with Gasteiger partial charge >= 0.3 is 6.03 Å². The van der Waals surface area contributed by atoms with E-state index < -0.39 is 6.03 Å². The summed E-state index contributed by atoms with van der Waals surface area (Å²) in [6, 6.07) is 15.3. The number of hydrogen-bond acceptors (Lipinski definition) is 4. The monoisotopic (exact) mass is 414 g/mol. The van der Waals surface area contributed by atoms with Crippen molar-refractivity contribution in [2.75, 3.05) is 20.7 Å². The van der Waals surface area contributed by atoms with E-state index in [9.17, 15) is 9.59 Å². The standard InChI is InChI=1S/C23H31N3O4/c1-5-17(2)24-23(28)25-22(27)15-26(3)14-19-11-12-20(21(13-19)29-4)30-16-18-9-7-6-8-10-18/h6-13,17H,5,14-16H2,1-4H3,(H2,24,25,27,28)/p+1/t17-/m1/s1. The summed E-state index contributed by atoms with van der Waals surface area (Å²) in [5.74, 6) is 0.999. The van der Waals surface area contributed by atoms with E-state index in [0.717, 1.165) is 22.4 Å². The molecule has 30 heavy (non-hydrogen) atoms. The lowest BCUT2D eigenvalue weighted by molar-refractivity contribution is -0.885. The molecule has 162 valence electrons. The first kappa shape index (κ1) is 23.2. The molecule has 3 amide bonds.